The number of aliphatic carboxylic acids is 1. The zero-order valence-corrected chi connectivity index (χ0v) is 21.5. The first-order valence-corrected chi connectivity index (χ1v) is 12.4. The van der Waals surface area contributed by atoms with Crippen molar-refractivity contribution < 1.29 is 37.4 Å². The Morgan fingerprint density at radius 1 is 0.921 bits per heavy atom. The summed E-state index contributed by atoms with van der Waals surface area (Å²) < 4.78 is 42.8. The second-order valence-corrected chi connectivity index (χ2v) is 9.79. The number of carbonyl (C=O) groups is 3. The van der Waals surface area contributed by atoms with Gasteiger partial charge >= 0.3 is 18.2 Å². The van der Waals surface area contributed by atoms with Gasteiger partial charge in [-0.25, -0.2) is 4.79 Å². The molecule has 3 N–H and O–H groups in total. The van der Waals surface area contributed by atoms with Crippen LogP contribution in [-0.4, -0.2) is 34.9 Å². The topological polar surface area (TPSA) is 105 Å². The molecular formula is C25H19Cl2F3N2O5S. The molecule has 0 saturated carbocycles. The van der Waals surface area contributed by atoms with Crippen molar-refractivity contribution in [1.29, 1.82) is 0 Å². The lowest BCUT2D eigenvalue weighted by Gasteiger charge is -2.14. The van der Waals surface area contributed by atoms with Crippen molar-refractivity contribution in [1.82, 2.24) is 0 Å². The van der Waals surface area contributed by atoms with Crippen LogP contribution in [-0.2, 0) is 15.7 Å². The fraction of sp³-hybridized carbons (Fsp3) is 0.160. The number of benzene rings is 3. The summed E-state index contributed by atoms with van der Waals surface area (Å²) in [5.74, 6) is -1.57. The Balaban J connectivity index is 1.49. The minimum atomic E-state index is -4.50. The van der Waals surface area contributed by atoms with E-state index in [-0.39, 0.29) is 29.3 Å². The van der Waals surface area contributed by atoms with Crippen LogP contribution in [0.3, 0.4) is 0 Å². The number of thioether (sulfide) groups is 1. The molecule has 1 unspecified atom stereocenters. The summed E-state index contributed by atoms with van der Waals surface area (Å²) >= 11 is 12.9. The molecule has 200 valence electrons. The van der Waals surface area contributed by atoms with Crippen LogP contribution in [0.15, 0.2) is 71.6 Å². The summed E-state index contributed by atoms with van der Waals surface area (Å²) in [6, 6.07) is 14.7. The van der Waals surface area contributed by atoms with Crippen molar-refractivity contribution in [3.8, 4) is 0 Å². The van der Waals surface area contributed by atoms with E-state index in [1.54, 1.807) is 24.3 Å². The third-order valence-electron chi connectivity index (χ3n) is 4.91. The van der Waals surface area contributed by atoms with Gasteiger partial charge in [-0.2, -0.15) is 13.2 Å². The Morgan fingerprint density at radius 3 is 2.11 bits per heavy atom. The van der Waals surface area contributed by atoms with Crippen molar-refractivity contribution >= 4 is 64.3 Å². The Labute approximate surface area is 229 Å². The summed E-state index contributed by atoms with van der Waals surface area (Å²) in [6.07, 6.45) is -5.46. The lowest BCUT2D eigenvalue weighted by molar-refractivity contribution is -0.138. The number of hydrogen-bond donors (Lipinski definition) is 3. The normalized spacial score (nSPS) is 11.9. The Morgan fingerprint density at radius 2 is 1.53 bits per heavy atom. The Bertz CT molecular complexity index is 1310. The fourth-order valence-corrected chi connectivity index (χ4v) is 4.47. The number of carboxylic acids is 1. The van der Waals surface area contributed by atoms with Gasteiger partial charge in [-0.3, -0.25) is 14.9 Å². The predicted molar refractivity (Wildman–Crippen MR) is 139 cm³/mol. The molecule has 0 heterocycles. The number of anilines is 2. The number of amides is 2. The van der Waals surface area contributed by atoms with Gasteiger partial charge in [-0.15, -0.1) is 11.8 Å². The number of nitrogens with one attached hydrogen (secondary N) is 2. The Kier molecular flexibility index (Phi) is 9.90. The van der Waals surface area contributed by atoms with Crippen LogP contribution in [0.4, 0.5) is 29.3 Å². The molecule has 0 spiro atoms. The third-order valence-corrected chi connectivity index (χ3v) is 6.73. The molecule has 3 aromatic carbocycles. The van der Waals surface area contributed by atoms with Gasteiger partial charge in [0.25, 0.3) is 5.91 Å². The second kappa shape index (κ2) is 12.9. The predicted octanol–water partition coefficient (Wildman–Crippen LogP) is 7.45. The minimum absolute atomic E-state index is 0.0337. The maximum absolute atomic E-state index is 12.6. The van der Waals surface area contributed by atoms with Crippen LogP contribution < -0.4 is 10.6 Å². The summed E-state index contributed by atoms with van der Waals surface area (Å²) in [4.78, 5) is 36.6. The number of carboxylic acid groups (broad SMARTS) is 1. The van der Waals surface area contributed by atoms with Crippen molar-refractivity contribution in [3.63, 3.8) is 0 Å². The molecule has 0 aliphatic heterocycles. The molecule has 3 rings (SSSR count). The molecule has 38 heavy (non-hydrogen) atoms. The molecule has 7 nitrogen and oxygen atoms in total. The largest absolute Gasteiger partial charge is 0.480 e. The van der Waals surface area contributed by atoms with Crippen molar-refractivity contribution in [2.45, 2.75) is 22.7 Å². The zero-order valence-electron chi connectivity index (χ0n) is 19.2. The van der Waals surface area contributed by atoms with Crippen LogP contribution in [0.5, 0.6) is 0 Å². The molecule has 0 bridgehead atoms. The van der Waals surface area contributed by atoms with E-state index in [0.717, 1.165) is 36.0 Å². The van der Waals surface area contributed by atoms with Crippen LogP contribution in [0.2, 0.25) is 10.0 Å². The molecule has 0 aromatic heterocycles. The maximum atomic E-state index is 12.6. The third kappa shape index (κ3) is 8.57. The summed E-state index contributed by atoms with van der Waals surface area (Å²) in [5, 5.41) is 14.1. The van der Waals surface area contributed by atoms with E-state index in [1.807, 2.05) is 0 Å². The molecule has 0 radical (unpaired) electrons. The molecule has 0 fully saturated rings. The average Bonchev–Trinajstić information content (AvgIpc) is 2.84. The van der Waals surface area contributed by atoms with Crippen LogP contribution in [0, 0.1) is 0 Å². The Hall–Kier alpha value is -3.41. The van der Waals surface area contributed by atoms with E-state index in [1.165, 1.54) is 18.2 Å². The summed E-state index contributed by atoms with van der Waals surface area (Å²) in [5.41, 5.74) is -0.0693. The number of halogens is 5. The van der Waals surface area contributed by atoms with Gasteiger partial charge in [0.1, 0.15) is 5.25 Å². The lowest BCUT2D eigenvalue weighted by Crippen LogP contribution is -2.21. The van der Waals surface area contributed by atoms with Crippen molar-refractivity contribution in [2.75, 3.05) is 17.2 Å². The van der Waals surface area contributed by atoms with Crippen molar-refractivity contribution in [2.24, 2.45) is 0 Å². The first-order chi connectivity index (χ1) is 17.9. The number of hydrogen-bond acceptors (Lipinski definition) is 5. The second-order valence-electron chi connectivity index (χ2n) is 7.67. The van der Waals surface area contributed by atoms with Gasteiger partial charge in [0.05, 0.1) is 22.8 Å². The van der Waals surface area contributed by atoms with Gasteiger partial charge in [-0.05, 0) is 66.7 Å². The monoisotopic (exact) mass is 586 g/mol. The van der Waals surface area contributed by atoms with Crippen LogP contribution >= 0.6 is 35.0 Å². The van der Waals surface area contributed by atoms with E-state index in [2.05, 4.69) is 10.6 Å². The highest BCUT2D eigenvalue weighted by atomic mass is 35.5. The summed E-state index contributed by atoms with van der Waals surface area (Å²) in [7, 11) is 0. The minimum Gasteiger partial charge on any atom is -0.480 e. The quantitative estimate of drug-likeness (QED) is 0.225. The maximum Gasteiger partial charge on any atom is 0.416 e. The van der Waals surface area contributed by atoms with E-state index in [4.69, 9.17) is 27.9 Å². The highest BCUT2D eigenvalue weighted by Gasteiger charge is 2.30. The smallest absolute Gasteiger partial charge is 0.416 e. The first-order valence-electron chi connectivity index (χ1n) is 10.8. The number of ether oxygens (including phenoxy) is 1. The molecule has 2 amide bonds. The van der Waals surface area contributed by atoms with Crippen LogP contribution in [0.25, 0.3) is 0 Å². The molecule has 3 aromatic rings. The van der Waals surface area contributed by atoms with Gasteiger partial charge in [-0.1, -0.05) is 23.2 Å². The molecule has 13 heteroatoms. The number of carbonyl (C=O) groups excluding carboxylic acids is 2. The molecule has 1 atom stereocenters. The number of rotatable bonds is 9. The molecule has 0 aliphatic rings. The highest BCUT2D eigenvalue weighted by Crippen LogP contribution is 2.30. The van der Waals surface area contributed by atoms with Gasteiger partial charge in [0, 0.05) is 27.7 Å². The highest BCUT2D eigenvalue weighted by molar-refractivity contribution is 8.00. The van der Waals surface area contributed by atoms with Crippen molar-refractivity contribution in [3.05, 3.63) is 87.9 Å². The number of alkyl halides is 3. The standard InChI is InChI=1S/C25H19Cl2F3N2O5S/c26-15-3-10-19(20(27)13-15)22(33)31-16-6-8-18(9-7-16)38-21(23(34)35)11-12-37-24(36)32-17-4-1-14(2-5-17)25(28,29)30/h1-10,13,21H,11-12H2,(H,31,33)(H,32,36)(H,34,35). The van der Waals surface area contributed by atoms with Gasteiger partial charge in [0.15, 0.2) is 0 Å². The van der Waals surface area contributed by atoms with E-state index in [9.17, 15) is 32.7 Å². The van der Waals surface area contributed by atoms with Gasteiger partial charge < -0.3 is 15.2 Å². The molecule has 0 saturated heterocycles. The summed E-state index contributed by atoms with van der Waals surface area (Å²) in [6.45, 7) is -0.244. The van der Waals surface area contributed by atoms with Crippen LogP contribution in [0.1, 0.15) is 22.3 Å². The lowest BCUT2D eigenvalue weighted by atomic mass is 10.2. The van der Waals surface area contributed by atoms with E-state index >= 15 is 0 Å². The van der Waals surface area contributed by atoms with E-state index in [0.29, 0.717) is 15.6 Å². The van der Waals surface area contributed by atoms with E-state index < -0.39 is 35.0 Å². The first kappa shape index (κ1) is 29.2. The van der Waals surface area contributed by atoms with Gasteiger partial charge in [0.2, 0.25) is 0 Å². The zero-order chi connectivity index (χ0) is 27.9. The SMILES string of the molecule is O=C(Nc1ccc(C(F)(F)F)cc1)OCCC(Sc1ccc(NC(=O)c2ccc(Cl)cc2Cl)cc1)C(=O)O. The molecular weight excluding hydrogens is 568 g/mol. The fourth-order valence-electron chi connectivity index (χ4n) is 3.04. The average molecular weight is 587 g/mol. The molecule has 0 aliphatic carbocycles.